The van der Waals surface area contributed by atoms with E-state index in [1.54, 1.807) is 6.92 Å². The molecule has 1 atom stereocenters. The van der Waals surface area contributed by atoms with Crippen LogP contribution < -0.4 is 10.6 Å². The van der Waals surface area contributed by atoms with Gasteiger partial charge in [-0.25, -0.2) is 14.6 Å². The van der Waals surface area contributed by atoms with Crippen LogP contribution in [0.15, 0.2) is 40.7 Å². The number of benzene rings is 1. The minimum absolute atomic E-state index is 0.272. The number of amides is 2. The number of hydrogen-bond acceptors (Lipinski definition) is 6. The van der Waals surface area contributed by atoms with Crippen molar-refractivity contribution in [2.24, 2.45) is 0 Å². The van der Waals surface area contributed by atoms with Crippen molar-refractivity contribution < 1.29 is 14.3 Å². The quantitative estimate of drug-likeness (QED) is 0.452. The lowest BCUT2D eigenvalue weighted by atomic mass is 10.0. The topological polar surface area (TPSA) is 109 Å². The van der Waals surface area contributed by atoms with E-state index in [9.17, 15) is 9.59 Å². The zero-order chi connectivity index (χ0) is 20.8. The average Bonchev–Trinajstić information content (AvgIpc) is 3.21. The van der Waals surface area contributed by atoms with E-state index < -0.39 is 5.97 Å². The number of H-pyrrole nitrogens is 1. The summed E-state index contributed by atoms with van der Waals surface area (Å²) in [5, 5.41) is 13.2. The molecular formula is C20H25N5O3S. The van der Waals surface area contributed by atoms with Gasteiger partial charge in [0, 0.05) is 17.0 Å². The molecule has 3 rings (SSSR count). The van der Waals surface area contributed by atoms with Crippen molar-refractivity contribution in [3.63, 3.8) is 0 Å². The number of carbonyl (C=O) groups excluding carboxylic acids is 2. The molecule has 1 aromatic carbocycles. The van der Waals surface area contributed by atoms with Crippen molar-refractivity contribution in [1.82, 2.24) is 25.8 Å². The fraction of sp³-hybridized carbons (Fsp3) is 0.400. The first-order chi connectivity index (χ1) is 14.0. The SMILES string of the molecule is CCOC(=O)C1=C(CSc2n[nH]c(-c3ccc(CC)cc3)n2)NC(=O)N[C@@H]1CC. The van der Waals surface area contributed by atoms with Gasteiger partial charge in [-0.15, -0.1) is 5.10 Å². The van der Waals surface area contributed by atoms with Gasteiger partial charge in [0.1, 0.15) is 0 Å². The summed E-state index contributed by atoms with van der Waals surface area (Å²) in [5.41, 5.74) is 3.19. The molecule has 29 heavy (non-hydrogen) atoms. The summed E-state index contributed by atoms with van der Waals surface area (Å²) in [6.45, 7) is 6.05. The third-order valence-corrected chi connectivity index (χ3v) is 5.47. The molecule has 154 valence electrons. The Morgan fingerprint density at radius 3 is 2.62 bits per heavy atom. The van der Waals surface area contributed by atoms with Gasteiger partial charge in [0.25, 0.3) is 0 Å². The molecule has 0 saturated carbocycles. The molecule has 0 radical (unpaired) electrons. The summed E-state index contributed by atoms with van der Waals surface area (Å²) < 4.78 is 5.18. The third-order valence-electron chi connectivity index (χ3n) is 4.59. The van der Waals surface area contributed by atoms with Crippen LogP contribution in [0.2, 0.25) is 0 Å². The summed E-state index contributed by atoms with van der Waals surface area (Å²) >= 11 is 1.34. The van der Waals surface area contributed by atoms with Crippen LogP contribution in [0.3, 0.4) is 0 Å². The van der Waals surface area contributed by atoms with Gasteiger partial charge in [-0.3, -0.25) is 5.10 Å². The van der Waals surface area contributed by atoms with E-state index in [-0.39, 0.29) is 18.7 Å². The van der Waals surface area contributed by atoms with Gasteiger partial charge >= 0.3 is 12.0 Å². The Labute approximate surface area is 173 Å². The van der Waals surface area contributed by atoms with E-state index in [2.05, 4.69) is 44.9 Å². The lowest BCUT2D eigenvalue weighted by Crippen LogP contribution is -2.50. The number of urea groups is 1. The summed E-state index contributed by atoms with van der Waals surface area (Å²) in [4.78, 5) is 28.9. The highest BCUT2D eigenvalue weighted by Gasteiger charge is 2.31. The van der Waals surface area contributed by atoms with Crippen LogP contribution in [-0.4, -0.2) is 45.6 Å². The molecule has 2 heterocycles. The van der Waals surface area contributed by atoms with Crippen molar-refractivity contribution in [3.8, 4) is 11.4 Å². The molecule has 2 aromatic rings. The highest BCUT2D eigenvalue weighted by atomic mass is 32.2. The number of rotatable bonds is 8. The van der Waals surface area contributed by atoms with E-state index >= 15 is 0 Å². The molecule has 0 fully saturated rings. The van der Waals surface area contributed by atoms with E-state index in [1.807, 2.05) is 19.1 Å². The van der Waals surface area contributed by atoms with Crippen LogP contribution in [0.5, 0.6) is 0 Å². The van der Waals surface area contributed by atoms with Crippen LogP contribution >= 0.6 is 11.8 Å². The molecule has 0 bridgehead atoms. The summed E-state index contributed by atoms with van der Waals surface area (Å²) in [5.74, 6) is 0.606. The minimum Gasteiger partial charge on any atom is -0.463 e. The largest absolute Gasteiger partial charge is 0.463 e. The number of aromatic amines is 1. The fourth-order valence-electron chi connectivity index (χ4n) is 3.05. The number of ether oxygens (including phenoxy) is 1. The molecular weight excluding hydrogens is 390 g/mol. The molecule has 3 N–H and O–H groups in total. The van der Waals surface area contributed by atoms with Crippen LogP contribution in [0, 0.1) is 0 Å². The zero-order valence-corrected chi connectivity index (χ0v) is 17.6. The molecule has 0 saturated heterocycles. The number of hydrogen-bond donors (Lipinski definition) is 3. The Hall–Kier alpha value is -2.81. The maximum absolute atomic E-state index is 12.4. The number of nitrogens with one attached hydrogen (secondary N) is 3. The highest BCUT2D eigenvalue weighted by Crippen LogP contribution is 2.24. The van der Waals surface area contributed by atoms with Crippen molar-refractivity contribution in [1.29, 1.82) is 0 Å². The minimum atomic E-state index is -0.422. The first-order valence-corrected chi connectivity index (χ1v) is 10.7. The molecule has 0 aliphatic carbocycles. The smallest absolute Gasteiger partial charge is 0.337 e. The van der Waals surface area contributed by atoms with Crippen molar-refractivity contribution in [2.45, 2.75) is 44.8 Å². The summed E-state index contributed by atoms with van der Waals surface area (Å²) in [6.07, 6.45) is 1.57. The van der Waals surface area contributed by atoms with E-state index in [1.165, 1.54) is 17.3 Å². The molecule has 2 amide bonds. The lowest BCUT2D eigenvalue weighted by Gasteiger charge is -2.28. The number of aryl methyl sites for hydroxylation is 1. The monoisotopic (exact) mass is 415 g/mol. The first-order valence-electron chi connectivity index (χ1n) is 9.67. The van der Waals surface area contributed by atoms with Crippen molar-refractivity contribution in [2.75, 3.05) is 12.4 Å². The molecule has 0 unspecified atom stereocenters. The van der Waals surface area contributed by atoms with Crippen LogP contribution in [-0.2, 0) is 16.0 Å². The maximum atomic E-state index is 12.4. The van der Waals surface area contributed by atoms with Gasteiger partial charge in [-0.2, -0.15) is 0 Å². The van der Waals surface area contributed by atoms with Gasteiger partial charge in [0.15, 0.2) is 5.82 Å². The lowest BCUT2D eigenvalue weighted by molar-refractivity contribution is -0.139. The molecule has 1 aromatic heterocycles. The molecule has 9 heteroatoms. The van der Waals surface area contributed by atoms with Gasteiger partial charge < -0.3 is 15.4 Å². The second kappa shape index (κ2) is 9.60. The first kappa shape index (κ1) is 20.9. The maximum Gasteiger partial charge on any atom is 0.337 e. The predicted molar refractivity (Wildman–Crippen MR) is 111 cm³/mol. The Balaban J connectivity index is 1.76. The number of esters is 1. The van der Waals surface area contributed by atoms with Gasteiger partial charge in [-0.05, 0) is 25.3 Å². The van der Waals surface area contributed by atoms with Gasteiger partial charge in [0.05, 0.1) is 18.2 Å². The van der Waals surface area contributed by atoms with Crippen LogP contribution in [0.4, 0.5) is 4.79 Å². The van der Waals surface area contributed by atoms with E-state index in [4.69, 9.17) is 4.74 Å². The second-order valence-corrected chi connectivity index (χ2v) is 7.42. The van der Waals surface area contributed by atoms with E-state index in [0.717, 1.165) is 12.0 Å². The number of aromatic nitrogens is 3. The Morgan fingerprint density at radius 2 is 1.97 bits per heavy atom. The highest BCUT2D eigenvalue weighted by molar-refractivity contribution is 7.99. The Morgan fingerprint density at radius 1 is 1.21 bits per heavy atom. The fourth-order valence-corrected chi connectivity index (χ4v) is 3.82. The Kier molecular flexibility index (Phi) is 6.92. The van der Waals surface area contributed by atoms with Crippen molar-refractivity contribution in [3.05, 3.63) is 41.1 Å². The number of thioether (sulfide) groups is 1. The summed E-state index contributed by atoms with van der Waals surface area (Å²) in [6, 6.07) is 7.44. The average molecular weight is 416 g/mol. The molecule has 1 aliphatic rings. The van der Waals surface area contributed by atoms with Gasteiger partial charge in [-0.1, -0.05) is 49.9 Å². The molecule has 1 aliphatic heterocycles. The number of nitrogens with zero attached hydrogens (tertiary/aromatic N) is 2. The van der Waals surface area contributed by atoms with E-state index in [0.29, 0.717) is 34.4 Å². The van der Waals surface area contributed by atoms with Gasteiger partial charge in [0.2, 0.25) is 5.16 Å². The standard InChI is InChI=1S/C20H25N5O3S/c1-4-12-7-9-13(10-8-12)17-23-20(25-24-17)29-11-15-16(18(26)28-6-3)14(5-2)21-19(27)22-15/h7-10,14H,4-6,11H2,1-3H3,(H2,21,22,27)(H,23,24,25)/t14-/m1/s1. The second-order valence-electron chi connectivity index (χ2n) is 6.48. The van der Waals surface area contributed by atoms with Crippen LogP contribution in [0.1, 0.15) is 32.8 Å². The predicted octanol–water partition coefficient (Wildman–Crippen LogP) is 3.03. The zero-order valence-electron chi connectivity index (χ0n) is 16.7. The molecule has 0 spiro atoms. The third kappa shape index (κ3) is 4.97. The van der Waals surface area contributed by atoms with Crippen molar-refractivity contribution >= 4 is 23.8 Å². The summed E-state index contributed by atoms with van der Waals surface area (Å²) in [7, 11) is 0. The normalized spacial score (nSPS) is 16.4. The van der Waals surface area contributed by atoms with Crippen LogP contribution in [0.25, 0.3) is 11.4 Å². The Bertz CT molecular complexity index is 907. The number of carbonyl (C=O) groups is 2. The molecule has 8 nitrogen and oxygen atoms in total.